The van der Waals surface area contributed by atoms with Crippen LogP contribution in [0.1, 0.15) is 59.8 Å². The van der Waals surface area contributed by atoms with Crippen LogP contribution in [-0.2, 0) is 0 Å². The lowest BCUT2D eigenvalue weighted by molar-refractivity contribution is 0.125. The molecule has 0 bridgehead atoms. The highest BCUT2D eigenvalue weighted by Gasteiger charge is 2.39. The lowest BCUT2D eigenvalue weighted by Gasteiger charge is -2.45. The van der Waals surface area contributed by atoms with Crippen LogP contribution in [0, 0.1) is 5.41 Å². The first-order valence-electron chi connectivity index (χ1n) is 5.77. The first-order valence-corrected chi connectivity index (χ1v) is 5.77. The molecule has 0 amide bonds. The molecule has 1 heterocycles. The van der Waals surface area contributed by atoms with E-state index < -0.39 is 0 Å². The topological polar surface area (TPSA) is 12.0 Å². The van der Waals surface area contributed by atoms with Gasteiger partial charge in [-0.1, -0.05) is 40.5 Å². The number of rotatable bonds is 1. The molecule has 1 rings (SSSR count). The van der Waals surface area contributed by atoms with Gasteiger partial charge in [0.05, 0.1) is 0 Å². The van der Waals surface area contributed by atoms with E-state index in [-0.39, 0.29) is 0 Å². The lowest BCUT2D eigenvalue weighted by atomic mass is 9.69. The summed E-state index contributed by atoms with van der Waals surface area (Å²) in [6.07, 6.45) is 6.78. The van der Waals surface area contributed by atoms with Gasteiger partial charge in [-0.05, 0) is 31.2 Å². The zero-order chi connectivity index (χ0) is 9.95. The summed E-state index contributed by atoms with van der Waals surface area (Å²) in [7, 11) is 0. The summed E-state index contributed by atoms with van der Waals surface area (Å²) in [5.74, 6) is 0. The monoisotopic (exact) mass is 183 g/mol. The Labute approximate surface area is 83.3 Å². The normalized spacial score (nSPS) is 31.4. The Bertz CT molecular complexity index is 147. The summed E-state index contributed by atoms with van der Waals surface area (Å²) in [6, 6.07) is 0. The van der Waals surface area contributed by atoms with E-state index >= 15 is 0 Å². The van der Waals surface area contributed by atoms with Crippen molar-refractivity contribution in [2.24, 2.45) is 5.41 Å². The predicted octanol–water partition coefficient (Wildman–Crippen LogP) is 3.34. The minimum absolute atomic E-state index is 0.392. The molecule has 0 radical (unpaired) electrons. The van der Waals surface area contributed by atoms with Crippen LogP contribution in [0.3, 0.4) is 0 Å². The van der Waals surface area contributed by atoms with Gasteiger partial charge in [0, 0.05) is 5.54 Å². The minimum Gasteiger partial charge on any atom is -0.311 e. The zero-order valence-corrected chi connectivity index (χ0v) is 9.74. The summed E-state index contributed by atoms with van der Waals surface area (Å²) >= 11 is 0. The Morgan fingerprint density at radius 2 is 1.85 bits per heavy atom. The average molecular weight is 183 g/mol. The molecule has 13 heavy (non-hydrogen) atoms. The Hall–Kier alpha value is -0.0400. The van der Waals surface area contributed by atoms with Gasteiger partial charge in [-0.25, -0.2) is 0 Å². The maximum atomic E-state index is 3.78. The van der Waals surface area contributed by atoms with E-state index in [4.69, 9.17) is 0 Å². The molecule has 0 aromatic rings. The molecule has 1 aliphatic rings. The van der Waals surface area contributed by atoms with E-state index in [9.17, 15) is 0 Å². The quantitative estimate of drug-likeness (QED) is 0.657. The van der Waals surface area contributed by atoms with E-state index in [0.29, 0.717) is 11.0 Å². The van der Waals surface area contributed by atoms with Crippen molar-refractivity contribution in [1.29, 1.82) is 0 Å². The molecule has 0 saturated carbocycles. The van der Waals surface area contributed by atoms with Crippen molar-refractivity contribution in [2.75, 3.05) is 6.54 Å². The van der Waals surface area contributed by atoms with Crippen molar-refractivity contribution in [1.82, 2.24) is 5.32 Å². The molecule has 1 saturated heterocycles. The molecule has 78 valence electrons. The van der Waals surface area contributed by atoms with Gasteiger partial charge in [0.1, 0.15) is 0 Å². The maximum absolute atomic E-state index is 3.78. The molecular formula is C12H25N. The van der Waals surface area contributed by atoms with E-state index in [1.807, 2.05) is 0 Å². The molecule has 0 aromatic heterocycles. The van der Waals surface area contributed by atoms with Crippen molar-refractivity contribution in [2.45, 2.75) is 65.3 Å². The van der Waals surface area contributed by atoms with Crippen LogP contribution in [-0.4, -0.2) is 12.1 Å². The second kappa shape index (κ2) is 4.00. The van der Waals surface area contributed by atoms with E-state index in [0.717, 1.165) is 0 Å². The first-order chi connectivity index (χ1) is 6.02. The van der Waals surface area contributed by atoms with Crippen molar-refractivity contribution in [3.63, 3.8) is 0 Å². The molecular weight excluding hydrogens is 158 g/mol. The molecule has 1 atom stereocenters. The van der Waals surface area contributed by atoms with Gasteiger partial charge in [-0.15, -0.1) is 0 Å². The van der Waals surface area contributed by atoms with Crippen molar-refractivity contribution in [3.8, 4) is 0 Å². The van der Waals surface area contributed by atoms with Gasteiger partial charge in [-0.3, -0.25) is 0 Å². The molecule has 1 fully saturated rings. The van der Waals surface area contributed by atoms with Crippen LogP contribution in [0.2, 0.25) is 0 Å². The Morgan fingerprint density at radius 1 is 1.15 bits per heavy atom. The third kappa shape index (κ3) is 2.25. The summed E-state index contributed by atoms with van der Waals surface area (Å²) in [6.45, 7) is 10.6. The molecule has 1 aliphatic heterocycles. The highest BCUT2D eigenvalue weighted by atomic mass is 15.0. The summed E-state index contributed by atoms with van der Waals surface area (Å²) in [4.78, 5) is 0. The third-order valence-corrected chi connectivity index (χ3v) is 3.78. The summed E-state index contributed by atoms with van der Waals surface area (Å²) < 4.78 is 0. The second-order valence-electron chi connectivity index (χ2n) is 5.42. The van der Waals surface area contributed by atoms with E-state index in [2.05, 4.69) is 33.0 Å². The molecule has 1 unspecified atom stereocenters. The molecule has 0 spiro atoms. The Kier molecular flexibility index (Phi) is 3.39. The molecule has 1 nitrogen and oxygen atoms in total. The first kappa shape index (κ1) is 11.0. The number of hydrogen-bond donors (Lipinski definition) is 1. The van der Waals surface area contributed by atoms with Gasteiger partial charge < -0.3 is 5.32 Å². The van der Waals surface area contributed by atoms with Crippen molar-refractivity contribution < 1.29 is 0 Å². The fraction of sp³-hybridized carbons (Fsp3) is 1.00. The van der Waals surface area contributed by atoms with Crippen LogP contribution < -0.4 is 5.32 Å². The summed E-state index contributed by atoms with van der Waals surface area (Å²) in [5.41, 5.74) is 0.787. The fourth-order valence-electron chi connectivity index (χ4n) is 2.62. The minimum atomic E-state index is 0.392. The average Bonchev–Trinajstić information content (AvgIpc) is 2.27. The standard InChI is InChI=1S/C12H25N/c1-5-12(11(2,3)4)9-7-6-8-10-13-12/h13H,5-10H2,1-4H3. The van der Waals surface area contributed by atoms with Gasteiger partial charge in [0.25, 0.3) is 0 Å². The third-order valence-electron chi connectivity index (χ3n) is 3.78. The lowest BCUT2D eigenvalue weighted by Crippen LogP contribution is -2.54. The molecule has 0 aromatic carbocycles. The highest BCUT2D eigenvalue weighted by molar-refractivity contribution is 4.97. The van der Waals surface area contributed by atoms with Crippen LogP contribution in [0.4, 0.5) is 0 Å². The van der Waals surface area contributed by atoms with Crippen LogP contribution in [0.5, 0.6) is 0 Å². The van der Waals surface area contributed by atoms with Gasteiger partial charge >= 0.3 is 0 Å². The number of hydrogen-bond acceptors (Lipinski definition) is 1. The molecule has 1 heteroatoms. The van der Waals surface area contributed by atoms with Crippen molar-refractivity contribution in [3.05, 3.63) is 0 Å². The van der Waals surface area contributed by atoms with E-state index in [1.54, 1.807) is 0 Å². The fourth-order valence-corrected chi connectivity index (χ4v) is 2.62. The van der Waals surface area contributed by atoms with Gasteiger partial charge in [0.15, 0.2) is 0 Å². The smallest absolute Gasteiger partial charge is 0.0227 e. The van der Waals surface area contributed by atoms with Crippen LogP contribution in [0.25, 0.3) is 0 Å². The molecule has 0 aliphatic carbocycles. The predicted molar refractivity (Wildman–Crippen MR) is 58.9 cm³/mol. The van der Waals surface area contributed by atoms with E-state index in [1.165, 1.54) is 38.6 Å². The molecule has 1 N–H and O–H groups in total. The van der Waals surface area contributed by atoms with Crippen LogP contribution in [0.15, 0.2) is 0 Å². The van der Waals surface area contributed by atoms with Gasteiger partial charge in [-0.2, -0.15) is 0 Å². The summed E-state index contributed by atoms with van der Waals surface area (Å²) in [5, 5.41) is 3.78. The Morgan fingerprint density at radius 3 is 2.38 bits per heavy atom. The highest BCUT2D eigenvalue weighted by Crippen LogP contribution is 2.38. The zero-order valence-electron chi connectivity index (χ0n) is 9.74. The number of nitrogens with one attached hydrogen (secondary N) is 1. The maximum Gasteiger partial charge on any atom is 0.0227 e. The SMILES string of the molecule is CCC1(C(C)(C)C)CCCCCN1. The van der Waals surface area contributed by atoms with Gasteiger partial charge in [0.2, 0.25) is 0 Å². The Balaban J connectivity index is 2.76. The van der Waals surface area contributed by atoms with Crippen molar-refractivity contribution >= 4 is 0 Å². The largest absolute Gasteiger partial charge is 0.311 e. The second-order valence-corrected chi connectivity index (χ2v) is 5.42. The van der Waals surface area contributed by atoms with Crippen LogP contribution >= 0.6 is 0 Å².